The third-order valence-electron chi connectivity index (χ3n) is 4.98. The van der Waals surface area contributed by atoms with Gasteiger partial charge in [-0.25, -0.2) is 4.57 Å². The van der Waals surface area contributed by atoms with Crippen LogP contribution in [0.25, 0.3) is 0 Å². The second-order valence-corrected chi connectivity index (χ2v) is 6.89. The highest BCUT2D eigenvalue weighted by atomic mass is 31.2. The minimum Gasteiger partial charge on any atom is -0.303 e. The number of hydrogen-bond acceptors (Lipinski definition) is 2. The van der Waals surface area contributed by atoms with Gasteiger partial charge in [-0.2, -0.15) is 0 Å². The van der Waals surface area contributed by atoms with Crippen molar-refractivity contribution >= 4 is 7.82 Å². The van der Waals surface area contributed by atoms with Crippen LogP contribution >= 0.6 is 7.82 Å². The molecule has 2 fully saturated rings. The monoisotopic (exact) mass is 234 g/mol. The van der Waals surface area contributed by atoms with E-state index in [-0.39, 0.29) is 16.9 Å². The molecule has 2 saturated carbocycles. The Morgan fingerprint density at radius 2 is 1.93 bits per heavy atom. The average Bonchev–Trinajstić information content (AvgIpc) is 2.34. The molecule has 15 heavy (non-hydrogen) atoms. The molecule has 4 nitrogen and oxygen atoms in total. The van der Waals surface area contributed by atoms with Crippen LogP contribution in [0.2, 0.25) is 0 Å². The molecule has 0 aromatic heterocycles. The fourth-order valence-electron chi connectivity index (χ4n) is 3.46. The summed E-state index contributed by atoms with van der Waals surface area (Å²) in [6, 6.07) is 0. The van der Waals surface area contributed by atoms with Crippen LogP contribution in [-0.2, 0) is 9.09 Å². The first-order valence-electron chi connectivity index (χ1n) is 5.41. The van der Waals surface area contributed by atoms with Gasteiger partial charge in [0.25, 0.3) is 0 Å². The third-order valence-corrected chi connectivity index (χ3v) is 5.51. The van der Waals surface area contributed by atoms with Crippen LogP contribution in [0.15, 0.2) is 0 Å². The molecule has 2 rings (SSSR count). The third kappa shape index (κ3) is 1.59. The Morgan fingerprint density at radius 1 is 1.33 bits per heavy atom. The largest absolute Gasteiger partial charge is 0.469 e. The summed E-state index contributed by atoms with van der Waals surface area (Å²) in [5, 5.41) is 0. The SMILES string of the molecule is CC1(C)[C@H]2CC[C@]1(C)[C@H](OP(=O)(O)O)C2. The topological polar surface area (TPSA) is 66.8 Å². The lowest BCUT2D eigenvalue weighted by atomic mass is 9.70. The van der Waals surface area contributed by atoms with Gasteiger partial charge in [-0.1, -0.05) is 20.8 Å². The summed E-state index contributed by atoms with van der Waals surface area (Å²) in [6.45, 7) is 6.47. The summed E-state index contributed by atoms with van der Waals surface area (Å²) in [4.78, 5) is 17.8. The zero-order valence-electron chi connectivity index (χ0n) is 9.43. The molecule has 0 radical (unpaired) electrons. The van der Waals surface area contributed by atoms with E-state index in [0.717, 1.165) is 19.3 Å². The zero-order chi connectivity index (χ0) is 11.5. The lowest BCUT2D eigenvalue weighted by Gasteiger charge is -2.38. The molecular formula is C10H19O4P. The van der Waals surface area contributed by atoms with Crippen LogP contribution in [-0.4, -0.2) is 15.9 Å². The molecule has 2 aliphatic rings. The molecule has 88 valence electrons. The first-order chi connectivity index (χ1) is 6.67. The average molecular weight is 234 g/mol. The highest BCUT2D eigenvalue weighted by molar-refractivity contribution is 7.46. The minimum atomic E-state index is -4.34. The lowest BCUT2D eigenvalue weighted by molar-refractivity contribution is 0.0108. The van der Waals surface area contributed by atoms with Crippen molar-refractivity contribution in [2.75, 3.05) is 0 Å². The normalized spacial score (nSPS) is 43.5. The number of hydrogen-bond donors (Lipinski definition) is 2. The Labute approximate surface area is 90.3 Å². The van der Waals surface area contributed by atoms with Gasteiger partial charge in [0, 0.05) is 0 Å². The summed E-state index contributed by atoms with van der Waals surface area (Å²) in [7, 11) is -4.34. The summed E-state index contributed by atoms with van der Waals surface area (Å²) in [5.41, 5.74) is 0.0472. The summed E-state index contributed by atoms with van der Waals surface area (Å²) >= 11 is 0. The van der Waals surface area contributed by atoms with Gasteiger partial charge >= 0.3 is 7.82 Å². The van der Waals surface area contributed by atoms with E-state index in [1.165, 1.54) is 0 Å². The predicted octanol–water partition coefficient (Wildman–Crippen LogP) is 2.31. The molecule has 2 bridgehead atoms. The second-order valence-electron chi connectivity index (χ2n) is 5.70. The molecule has 2 aliphatic carbocycles. The highest BCUT2D eigenvalue weighted by Crippen LogP contribution is 2.67. The predicted molar refractivity (Wildman–Crippen MR) is 56.1 cm³/mol. The quantitative estimate of drug-likeness (QED) is 0.719. The van der Waals surface area contributed by atoms with Crippen molar-refractivity contribution in [2.45, 2.75) is 46.1 Å². The van der Waals surface area contributed by atoms with Crippen LogP contribution in [0.5, 0.6) is 0 Å². The Bertz CT molecular complexity index is 321. The molecule has 0 saturated heterocycles. The lowest BCUT2D eigenvalue weighted by Crippen LogP contribution is -2.36. The van der Waals surface area contributed by atoms with Gasteiger partial charge in [-0.15, -0.1) is 0 Å². The maximum absolute atomic E-state index is 10.9. The van der Waals surface area contributed by atoms with E-state index in [2.05, 4.69) is 20.8 Å². The van der Waals surface area contributed by atoms with Crippen LogP contribution < -0.4 is 0 Å². The fraction of sp³-hybridized carbons (Fsp3) is 1.00. The van der Waals surface area contributed by atoms with Gasteiger partial charge in [0.05, 0.1) is 6.10 Å². The molecule has 5 heteroatoms. The van der Waals surface area contributed by atoms with E-state index >= 15 is 0 Å². The summed E-state index contributed by atoms with van der Waals surface area (Å²) in [6.07, 6.45) is 2.67. The standard InChI is InChI=1S/C10H19O4P/c1-9(2)7-4-5-10(9,3)8(6-7)14-15(11,12)13/h7-8H,4-6H2,1-3H3,(H2,11,12,13)/t7-,8+,10+/m0/s1. The first kappa shape index (κ1) is 11.6. The van der Waals surface area contributed by atoms with Crippen LogP contribution in [0.1, 0.15) is 40.0 Å². The van der Waals surface area contributed by atoms with Gasteiger partial charge in [-0.05, 0) is 36.0 Å². The van der Waals surface area contributed by atoms with Gasteiger partial charge < -0.3 is 9.79 Å². The van der Waals surface area contributed by atoms with Gasteiger partial charge in [0.1, 0.15) is 0 Å². The molecule has 0 aromatic carbocycles. The molecule has 0 unspecified atom stereocenters. The van der Waals surface area contributed by atoms with Crippen molar-refractivity contribution in [3.05, 3.63) is 0 Å². The second kappa shape index (κ2) is 3.07. The van der Waals surface area contributed by atoms with Crippen LogP contribution in [0, 0.1) is 16.7 Å². The van der Waals surface area contributed by atoms with Crippen molar-refractivity contribution < 1.29 is 18.9 Å². The molecule has 0 aromatic rings. The van der Waals surface area contributed by atoms with Crippen LogP contribution in [0.4, 0.5) is 0 Å². The molecule has 0 heterocycles. The van der Waals surface area contributed by atoms with Gasteiger partial charge in [0.2, 0.25) is 0 Å². The van der Waals surface area contributed by atoms with Gasteiger partial charge in [0.15, 0.2) is 0 Å². The summed E-state index contributed by atoms with van der Waals surface area (Å²) in [5.74, 6) is 0.541. The molecule has 0 spiro atoms. The molecular weight excluding hydrogens is 215 g/mol. The fourth-order valence-corrected chi connectivity index (χ4v) is 4.11. The number of phosphoric ester groups is 1. The van der Waals surface area contributed by atoms with Crippen molar-refractivity contribution in [3.63, 3.8) is 0 Å². The minimum absolute atomic E-state index is 0.0845. The number of fused-ring (bicyclic) bond motifs is 2. The van der Waals surface area contributed by atoms with E-state index in [1.807, 2.05) is 0 Å². The Kier molecular flexibility index (Phi) is 2.37. The molecule has 2 N–H and O–H groups in total. The Balaban J connectivity index is 2.23. The van der Waals surface area contributed by atoms with Crippen molar-refractivity contribution in [3.8, 4) is 0 Å². The highest BCUT2D eigenvalue weighted by Gasteiger charge is 2.62. The number of rotatable bonds is 2. The zero-order valence-corrected chi connectivity index (χ0v) is 10.3. The van der Waals surface area contributed by atoms with Crippen LogP contribution in [0.3, 0.4) is 0 Å². The molecule has 0 amide bonds. The van der Waals surface area contributed by atoms with E-state index < -0.39 is 7.82 Å². The Hall–Kier alpha value is 0.110. The summed E-state index contributed by atoms with van der Waals surface area (Å²) < 4.78 is 15.8. The van der Waals surface area contributed by atoms with Crippen molar-refractivity contribution in [1.82, 2.24) is 0 Å². The van der Waals surface area contributed by atoms with E-state index in [4.69, 9.17) is 14.3 Å². The van der Waals surface area contributed by atoms with E-state index in [1.54, 1.807) is 0 Å². The van der Waals surface area contributed by atoms with Gasteiger partial charge in [-0.3, -0.25) is 4.52 Å². The maximum Gasteiger partial charge on any atom is 0.469 e. The molecule has 0 aliphatic heterocycles. The van der Waals surface area contributed by atoms with E-state index in [0.29, 0.717) is 5.92 Å². The first-order valence-corrected chi connectivity index (χ1v) is 6.94. The maximum atomic E-state index is 10.9. The smallest absolute Gasteiger partial charge is 0.303 e. The Morgan fingerprint density at radius 3 is 2.27 bits per heavy atom. The number of phosphoric acid groups is 1. The van der Waals surface area contributed by atoms with Crippen molar-refractivity contribution in [2.24, 2.45) is 16.7 Å². The van der Waals surface area contributed by atoms with E-state index in [9.17, 15) is 4.57 Å². The molecule has 3 atom stereocenters. The van der Waals surface area contributed by atoms with Crippen molar-refractivity contribution in [1.29, 1.82) is 0 Å².